The van der Waals surface area contributed by atoms with E-state index in [9.17, 15) is 9.59 Å². The number of carbonyl (C=O) groups excluding carboxylic acids is 2. The normalized spacial score (nSPS) is 12.9. The molecule has 0 fully saturated rings. The quantitative estimate of drug-likeness (QED) is 0.776. The summed E-state index contributed by atoms with van der Waals surface area (Å²) < 4.78 is 0. The molecule has 2 unspecified atom stereocenters. The summed E-state index contributed by atoms with van der Waals surface area (Å²) in [5.41, 5.74) is 4.44. The molecule has 2 N–H and O–H groups in total. The molecule has 0 saturated heterocycles. The van der Waals surface area contributed by atoms with Crippen LogP contribution in [0.5, 0.6) is 0 Å². The molecule has 0 radical (unpaired) electrons. The lowest BCUT2D eigenvalue weighted by Gasteiger charge is -2.17. The van der Waals surface area contributed by atoms with Gasteiger partial charge < -0.3 is 10.6 Å². The molecule has 0 heterocycles. The molecule has 0 aliphatic heterocycles. The number of benzene rings is 2. The van der Waals surface area contributed by atoms with Gasteiger partial charge in [-0.15, -0.1) is 0 Å². The predicted octanol–water partition coefficient (Wildman–Crippen LogP) is 3.87. The Hall–Kier alpha value is -2.62. The third-order valence-corrected chi connectivity index (χ3v) is 4.68. The summed E-state index contributed by atoms with van der Waals surface area (Å²) in [4.78, 5) is 24.4. The third-order valence-electron chi connectivity index (χ3n) is 4.68. The van der Waals surface area contributed by atoms with Crippen molar-refractivity contribution >= 4 is 11.8 Å². The molecule has 4 nitrogen and oxygen atoms in total. The average molecular weight is 352 g/mol. The lowest BCUT2D eigenvalue weighted by Crippen LogP contribution is -2.41. The Morgan fingerprint density at radius 2 is 1.00 bits per heavy atom. The Bertz CT molecular complexity index is 670. The van der Waals surface area contributed by atoms with Gasteiger partial charge in [0.05, 0.1) is 12.1 Å². The van der Waals surface area contributed by atoms with Crippen LogP contribution in [-0.2, 0) is 22.4 Å². The van der Waals surface area contributed by atoms with E-state index in [4.69, 9.17) is 0 Å². The molecule has 2 aromatic rings. The van der Waals surface area contributed by atoms with Gasteiger partial charge in [-0.25, -0.2) is 0 Å². The van der Waals surface area contributed by atoms with Crippen LogP contribution in [0.25, 0.3) is 0 Å². The monoisotopic (exact) mass is 352 g/mol. The van der Waals surface area contributed by atoms with Crippen molar-refractivity contribution < 1.29 is 9.59 Å². The van der Waals surface area contributed by atoms with Crippen molar-refractivity contribution in [2.24, 2.45) is 0 Å². The van der Waals surface area contributed by atoms with Gasteiger partial charge in [-0.1, -0.05) is 62.4 Å². The molecular weight excluding hydrogens is 324 g/mol. The zero-order chi connectivity index (χ0) is 19.1. The smallest absolute Gasteiger partial charge is 0.309 e. The lowest BCUT2D eigenvalue weighted by molar-refractivity contribution is -0.140. The van der Waals surface area contributed by atoms with Gasteiger partial charge in [0.25, 0.3) is 0 Å². The molecule has 0 aliphatic carbocycles. The van der Waals surface area contributed by atoms with Crippen LogP contribution in [0, 0.1) is 0 Å². The van der Waals surface area contributed by atoms with E-state index in [0.717, 1.165) is 24.0 Å². The van der Waals surface area contributed by atoms with Crippen molar-refractivity contribution in [3.63, 3.8) is 0 Å². The molecule has 138 valence electrons. The maximum absolute atomic E-state index is 12.2. The highest BCUT2D eigenvalue weighted by Crippen LogP contribution is 2.15. The van der Waals surface area contributed by atoms with Gasteiger partial charge >= 0.3 is 11.8 Å². The molecule has 0 aliphatic rings. The van der Waals surface area contributed by atoms with Crippen molar-refractivity contribution in [3.8, 4) is 0 Å². The SMILES string of the molecule is CCc1ccc(C(C)NC(=O)C(=O)NC(C)c2ccc(CC)cc2)cc1. The van der Waals surface area contributed by atoms with E-state index >= 15 is 0 Å². The summed E-state index contributed by atoms with van der Waals surface area (Å²) in [6.07, 6.45) is 1.95. The number of nitrogens with one attached hydrogen (secondary N) is 2. The molecule has 26 heavy (non-hydrogen) atoms. The first kappa shape index (κ1) is 19.7. The Morgan fingerprint density at radius 3 is 1.27 bits per heavy atom. The molecular formula is C22H28N2O2. The first-order valence-corrected chi connectivity index (χ1v) is 9.23. The molecule has 2 atom stereocenters. The second-order valence-electron chi connectivity index (χ2n) is 6.58. The van der Waals surface area contributed by atoms with Crippen LogP contribution in [0.2, 0.25) is 0 Å². The summed E-state index contributed by atoms with van der Waals surface area (Å²) in [7, 11) is 0. The van der Waals surface area contributed by atoms with Gasteiger partial charge in [0, 0.05) is 0 Å². The molecule has 0 spiro atoms. The van der Waals surface area contributed by atoms with Crippen LogP contribution in [0.3, 0.4) is 0 Å². The van der Waals surface area contributed by atoms with Crippen LogP contribution < -0.4 is 10.6 Å². The number of rotatable bonds is 6. The fourth-order valence-electron chi connectivity index (χ4n) is 2.78. The average Bonchev–Trinajstić information content (AvgIpc) is 2.67. The highest BCUT2D eigenvalue weighted by atomic mass is 16.2. The van der Waals surface area contributed by atoms with Crippen molar-refractivity contribution in [2.75, 3.05) is 0 Å². The molecule has 0 saturated carbocycles. The highest BCUT2D eigenvalue weighted by Gasteiger charge is 2.19. The maximum atomic E-state index is 12.2. The fourth-order valence-corrected chi connectivity index (χ4v) is 2.78. The number of carbonyl (C=O) groups is 2. The van der Waals surface area contributed by atoms with Gasteiger partial charge in [0.15, 0.2) is 0 Å². The van der Waals surface area contributed by atoms with Crippen LogP contribution in [0.15, 0.2) is 48.5 Å². The van der Waals surface area contributed by atoms with Gasteiger partial charge in [0.2, 0.25) is 0 Å². The van der Waals surface area contributed by atoms with E-state index in [1.54, 1.807) is 0 Å². The standard InChI is InChI=1S/C22H28N2O2/c1-5-17-7-11-19(12-8-17)15(3)23-21(25)22(26)24-16(4)20-13-9-18(6-2)10-14-20/h7-16H,5-6H2,1-4H3,(H,23,25)(H,24,26). The van der Waals surface area contributed by atoms with Crippen molar-refractivity contribution in [2.45, 2.75) is 52.6 Å². The van der Waals surface area contributed by atoms with E-state index in [2.05, 4.69) is 24.5 Å². The number of aryl methyl sites for hydroxylation is 2. The fraction of sp³-hybridized carbons (Fsp3) is 0.364. The summed E-state index contributed by atoms with van der Waals surface area (Å²) in [6, 6.07) is 15.7. The number of hydrogen-bond donors (Lipinski definition) is 2. The maximum Gasteiger partial charge on any atom is 0.309 e. The van der Waals surface area contributed by atoms with Crippen molar-refractivity contribution in [1.29, 1.82) is 0 Å². The Kier molecular flexibility index (Phi) is 6.96. The minimum absolute atomic E-state index is 0.224. The number of hydrogen-bond acceptors (Lipinski definition) is 2. The van der Waals surface area contributed by atoms with Crippen molar-refractivity contribution in [1.82, 2.24) is 10.6 Å². The van der Waals surface area contributed by atoms with Gasteiger partial charge in [-0.3, -0.25) is 9.59 Å². The first-order chi connectivity index (χ1) is 12.4. The molecule has 4 heteroatoms. The highest BCUT2D eigenvalue weighted by molar-refractivity contribution is 6.35. The predicted molar refractivity (Wildman–Crippen MR) is 105 cm³/mol. The zero-order valence-electron chi connectivity index (χ0n) is 16.0. The molecule has 0 bridgehead atoms. The third kappa shape index (κ3) is 5.19. The summed E-state index contributed by atoms with van der Waals surface area (Å²) in [5.74, 6) is -1.23. The second kappa shape index (κ2) is 9.18. The molecule has 2 rings (SSSR count). The van der Waals surface area contributed by atoms with Crippen LogP contribution in [0.1, 0.15) is 62.0 Å². The zero-order valence-corrected chi connectivity index (χ0v) is 16.0. The first-order valence-electron chi connectivity index (χ1n) is 9.23. The van der Waals surface area contributed by atoms with E-state index in [1.165, 1.54) is 11.1 Å². The minimum atomic E-state index is -0.617. The van der Waals surface area contributed by atoms with Crippen LogP contribution >= 0.6 is 0 Å². The minimum Gasteiger partial charge on any atom is -0.341 e. The van der Waals surface area contributed by atoms with E-state index in [-0.39, 0.29) is 12.1 Å². The molecule has 0 aromatic heterocycles. The van der Waals surface area contributed by atoms with Gasteiger partial charge in [0.1, 0.15) is 0 Å². The second-order valence-corrected chi connectivity index (χ2v) is 6.58. The number of amides is 2. The van der Waals surface area contributed by atoms with Crippen LogP contribution in [-0.4, -0.2) is 11.8 Å². The molecule has 2 amide bonds. The van der Waals surface area contributed by atoms with Crippen molar-refractivity contribution in [3.05, 3.63) is 70.8 Å². The Balaban J connectivity index is 1.92. The molecule has 2 aromatic carbocycles. The Labute approximate surface area is 156 Å². The summed E-state index contributed by atoms with van der Waals surface area (Å²) in [6.45, 7) is 7.95. The Morgan fingerprint density at radius 1 is 0.692 bits per heavy atom. The van der Waals surface area contributed by atoms with Gasteiger partial charge in [-0.2, -0.15) is 0 Å². The largest absolute Gasteiger partial charge is 0.341 e. The van der Waals surface area contributed by atoms with E-state index < -0.39 is 11.8 Å². The summed E-state index contributed by atoms with van der Waals surface area (Å²) in [5, 5.41) is 5.52. The lowest BCUT2D eigenvalue weighted by atomic mass is 10.0. The summed E-state index contributed by atoms with van der Waals surface area (Å²) >= 11 is 0. The van der Waals surface area contributed by atoms with E-state index in [0.29, 0.717) is 0 Å². The van der Waals surface area contributed by atoms with Gasteiger partial charge in [-0.05, 0) is 48.9 Å². The topological polar surface area (TPSA) is 58.2 Å². The van der Waals surface area contributed by atoms with Crippen LogP contribution in [0.4, 0.5) is 0 Å². The van der Waals surface area contributed by atoms with E-state index in [1.807, 2.05) is 62.4 Å².